The molecule has 0 aliphatic rings. The number of rotatable bonds is 15. The van der Waals surface area contributed by atoms with Gasteiger partial charge in [0.25, 0.3) is 11.8 Å². The summed E-state index contributed by atoms with van der Waals surface area (Å²) in [6.07, 6.45) is 2.13. The van der Waals surface area contributed by atoms with Crippen LogP contribution in [-0.4, -0.2) is 57.2 Å². The van der Waals surface area contributed by atoms with E-state index in [1.165, 1.54) is 25.2 Å². The number of benzene rings is 4. The van der Waals surface area contributed by atoms with Crippen LogP contribution in [0.5, 0.6) is 0 Å². The number of hydrogen-bond acceptors (Lipinski definition) is 6. The number of nitrogens with one attached hydrogen (secondary N) is 3. The maximum absolute atomic E-state index is 13.8. The fourth-order valence-electron chi connectivity index (χ4n) is 5.07. The van der Waals surface area contributed by atoms with Crippen LogP contribution < -0.4 is 20.3 Å². The Morgan fingerprint density at radius 2 is 1.36 bits per heavy atom. The normalized spacial score (nSPS) is 12.5. The van der Waals surface area contributed by atoms with E-state index in [0.29, 0.717) is 25.9 Å². The van der Waals surface area contributed by atoms with Crippen LogP contribution in [0, 0.1) is 0 Å². The largest absolute Gasteiger partial charge is 0.478 e. The van der Waals surface area contributed by atoms with Gasteiger partial charge in [0.15, 0.2) is 0 Å². The summed E-state index contributed by atoms with van der Waals surface area (Å²) in [5, 5.41) is 18.6. The van der Waals surface area contributed by atoms with Crippen molar-refractivity contribution >= 4 is 33.5 Å². The summed E-state index contributed by atoms with van der Waals surface area (Å²) in [4.78, 5) is 38.5. The zero-order valence-corrected chi connectivity index (χ0v) is 27.5. The lowest BCUT2D eigenvalue weighted by molar-refractivity contribution is 0.0696. The molecule has 0 aromatic heterocycles. The zero-order chi connectivity index (χ0) is 34.0. The Kier molecular flexibility index (Phi) is 11.9. The molecule has 0 spiro atoms. The van der Waals surface area contributed by atoms with Gasteiger partial charge in [-0.05, 0) is 73.3 Å². The molecule has 0 saturated heterocycles. The van der Waals surface area contributed by atoms with Crippen molar-refractivity contribution in [1.29, 1.82) is 0 Å². The summed E-state index contributed by atoms with van der Waals surface area (Å²) in [6, 6.07) is 29.6. The Morgan fingerprint density at radius 3 is 1.98 bits per heavy atom. The Morgan fingerprint density at radius 1 is 0.766 bits per heavy atom. The van der Waals surface area contributed by atoms with Crippen molar-refractivity contribution in [2.24, 2.45) is 0 Å². The minimum atomic E-state index is -3.69. The van der Waals surface area contributed by atoms with Crippen LogP contribution >= 0.6 is 0 Å². The van der Waals surface area contributed by atoms with Crippen molar-refractivity contribution in [2.45, 2.75) is 38.4 Å². The van der Waals surface area contributed by atoms with Crippen LogP contribution in [0.1, 0.15) is 67.2 Å². The van der Waals surface area contributed by atoms with Crippen LogP contribution in [-0.2, 0) is 23.0 Å². The highest BCUT2D eigenvalue weighted by molar-refractivity contribution is 7.92. The van der Waals surface area contributed by atoms with E-state index in [1.54, 1.807) is 18.2 Å². The number of hydrogen-bond donors (Lipinski definition) is 4. The maximum atomic E-state index is 13.8. The predicted molar refractivity (Wildman–Crippen MR) is 183 cm³/mol. The number of sulfonamides is 1. The quantitative estimate of drug-likeness (QED) is 0.135. The van der Waals surface area contributed by atoms with Gasteiger partial charge in [0, 0.05) is 30.8 Å². The molecule has 0 bridgehead atoms. The molecule has 0 unspecified atom stereocenters. The van der Waals surface area contributed by atoms with Crippen LogP contribution in [0.4, 0.5) is 5.69 Å². The Labute approximate surface area is 275 Å². The number of amides is 2. The second kappa shape index (κ2) is 16.0. The van der Waals surface area contributed by atoms with E-state index in [-0.39, 0.29) is 34.5 Å². The Balaban J connectivity index is 1.54. The second-order valence-electron chi connectivity index (χ2n) is 11.4. The molecular formula is C36H40N4O6S. The van der Waals surface area contributed by atoms with Gasteiger partial charge >= 0.3 is 5.97 Å². The van der Waals surface area contributed by atoms with Crippen LogP contribution in [0.3, 0.4) is 0 Å². The van der Waals surface area contributed by atoms with Crippen molar-refractivity contribution in [2.75, 3.05) is 24.2 Å². The van der Waals surface area contributed by atoms with Crippen molar-refractivity contribution in [1.82, 2.24) is 16.0 Å². The molecule has 0 radical (unpaired) electrons. The second-order valence-corrected chi connectivity index (χ2v) is 13.4. The fraction of sp³-hybridized carbons (Fsp3) is 0.250. The van der Waals surface area contributed by atoms with Crippen LogP contribution in [0.15, 0.2) is 103 Å². The van der Waals surface area contributed by atoms with Gasteiger partial charge in [0.2, 0.25) is 10.0 Å². The summed E-state index contributed by atoms with van der Waals surface area (Å²) < 4.78 is 25.9. The molecule has 4 aromatic carbocycles. The van der Waals surface area contributed by atoms with Crippen molar-refractivity contribution in [3.05, 3.63) is 137 Å². The van der Waals surface area contributed by atoms with Gasteiger partial charge in [0.1, 0.15) is 0 Å². The first kappa shape index (κ1) is 34.9. The standard InChI is InChI=1S/C36H40N4O6S/c1-25(28-14-8-5-9-15-28)38-34(41)30-21-31(23-33(22-30)40(2)47(3,45)46)35(42)39-32(20-26-11-6-4-7-12-26)17-18-37-24-27-13-10-16-29(19-27)36(43)44/h4-16,19,21-23,25,32,37H,17-18,20,24H2,1-3H3,(H,38,41)(H,39,42)(H,43,44)/t25-,32-/m1/s1. The lowest BCUT2D eigenvalue weighted by Gasteiger charge is -2.22. The third-order valence-corrected chi connectivity index (χ3v) is 8.99. The number of carbonyl (C=O) groups is 3. The molecule has 0 fully saturated rings. The third-order valence-electron chi connectivity index (χ3n) is 7.78. The van der Waals surface area contributed by atoms with E-state index in [4.69, 9.17) is 0 Å². The Hall–Kier alpha value is -5.00. The molecular weight excluding hydrogens is 616 g/mol. The fourth-order valence-corrected chi connectivity index (χ4v) is 5.56. The molecule has 2 amide bonds. The molecule has 11 heteroatoms. The summed E-state index contributed by atoms with van der Waals surface area (Å²) in [5.74, 6) is -1.89. The van der Waals surface area contributed by atoms with Gasteiger partial charge < -0.3 is 21.1 Å². The van der Waals surface area contributed by atoms with Gasteiger partial charge in [-0.15, -0.1) is 0 Å². The molecule has 0 aliphatic carbocycles. The Bertz CT molecular complexity index is 1800. The van der Waals surface area contributed by atoms with Gasteiger partial charge in [0.05, 0.1) is 23.5 Å². The SMILES string of the molecule is C[C@@H](NC(=O)c1cc(C(=O)N[C@H](CCNCc2cccc(C(=O)O)c2)Cc2ccccc2)cc(N(C)S(C)(=O)=O)c1)c1ccccc1. The highest BCUT2D eigenvalue weighted by atomic mass is 32.2. The number of carboxylic acids is 1. The summed E-state index contributed by atoms with van der Waals surface area (Å²) in [7, 11) is -2.32. The number of anilines is 1. The minimum Gasteiger partial charge on any atom is -0.478 e. The zero-order valence-electron chi connectivity index (χ0n) is 26.6. The molecule has 2 atom stereocenters. The van der Waals surface area contributed by atoms with Gasteiger partial charge in [-0.2, -0.15) is 0 Å². The van der Waals surface area contributed by atoms with Gasteiger partial charge in [-0.3, -0.25) is 13.9 Å². The first-order valence-corrected chi connectivity index (χ1v) is 17.1. The molecule has 0 saturated carbocycles. The summed E-state index contributed by atoms with van der Waals surface area (Å²) >= 11 is 0. The lowest BCUT2D eigenvalue weighted by atomic mass is 10.0. The van der Waals surface area contributed by atoms with E-state index < -0.39 is 27.8 Å². The molecule has 4 rings (SSSR count). The van der Waals surface area contributed by atoms with E-state index in [2.05, 4.69) is 16.0 Å². The smallest absolute Gasteiger partial charge is 0.335 e. The van der Waals surface area contributed by atoms with Crippen molar-refractivity contribution < 1.29 is 27.9 Å². The van der Waals surface area contributed by atoms with E-state index >= 15 is 0 Å². The molecule has 246 valence electrons. The third kappa shape index (κ3) is 10.2. The van der Waals surface area contributed by atoms with Crippen molar-refractivity contribution in [3.63, 3.8) is 0 Å². The molecule has 4 aromatic rings. The van der Waals surface area contributed by atoms with Crippen molar-refractivity contribution in [3.8, 4) is 0 Å². The molecule has 0 aliphatic heterocycles. The number of carboxylic acid groups (broad SMARTS) is 1. The average molecular weight is 657 g/mol. The first-order chi connectivity index (χ1) is 22.4. The van der Waals surface area contributed by atoms with Crippen LogP contribution in [0.25, 0.3) is 0 Å². The number of nitrogens with zero attached hydrogens (tertiary/aromatic N) is 1. The molecule has 47 heavy (non-hydrogen) atoms. The van der Waals surface area contributed by atoms with E-state index in [9.17, 15) is 27.9 Å². The van der Waals surface area contributed by atoms with E-state index in [1.807, 2.05) is 73.7 Å². The summed E-state index contributed by atoms with van der Waals surface area (Å²) in [6.45, 7) is 2.82. The van der Waals surface area contributed by atoms with Crippen LogP contribution in [0.2, 0.25) is 0 Å². The number of carbonyl (C=O) groups excluding carboxylic acids is 2. The van der Waals surface area contributed by atoms with Gasteiger partial charge in [-0.25, -0.2) is 13.2 Å². The van der Waals surface area contributed by atoms with E-state index in [0.717, 1.165) is 27.3 Å². The lowest BCUT2D eigenvalue weighted by Crippen LogP contribution is -2.39. The minimum absolute atomic E-state index is 0.145. The monoisotopic (exact) mass is 656 g/mol. The topological polar surface area (TPSA) is 145 Å². The average Bonchev–Trinajstić information content (AvgIpc) is 3.06. The first-order valence-electron chi connectivity index (χ1n) is 15.2. The molecule has 0 heterocycles. The summed E-state index contributed by atoms with van der Waals surface area (Å²) in [5.41, 5.74) is 3.44. The highest BCUT2D eigenvalue weighted by Gasteiger charge is 2.21. The highest BCUT2D eigenvalue weighted by Crippen LogP contribution is 2.22. The number of aromatic carboxylic acids is 1. The predicted octanol–water partition coefficient (Wildman–Crippen LogP) is 4.79. The van der Waals surface area contributed by atoms with Gasteiger partial charge in [-0.1, -0.05) is 72.8 Å². The molecule has 4 N–H and O–H groups in total. The molecule has 10 nitrogen and oxygen atoms in total. The maximum Gasteiger partial charge on any atom is 0.335 e.